The number of rotatable bonds is 18. The molecule has 88 heavy (non-hydrogen) atoms. The predicted molar refractivity (Wildman–Crippen MR) is 359 cm³/mol. The van der Waals surface area contributed by atoms with E-state index in [-0.39, 0.29) is 49.7 Å². The van der Waals surface area contributed by atoms with Gasteiger partial charge in [-0.1, -0.05) is 166 Å². The fraction of sp³-hybridized carbons (Fsp3) is 0.222. The van der Waals surface area contributed by atoms with Crippen LogP contribution in [0.15, 0.2) is 231 Å². The summed E-state index contributed by atoms with van der Waals surface area (Å²) in [6, 6.07) is 83.3. The molecule has 0 fully saturated rings. The zero-order valence-electron chi connectivity index (χ0n) is 52.4. The number of hydrogen-bond acceptors (Lipinski definition) is 3. The van der Waals surface area contributed by atoms with E-state index in [2.05, 4.69) is 303 Å². The Morgan fingerprint density at radius 2 is 0.898 bits per heavy atom. The molecule has 6 nitrogen and oxygen atoms in total. The van der Waals surface area contributed by atoms with Gasteiger partial charge in [-0.05, 0) is 134 Å². The van der Waals surface area contributed by atoms with Crippen molar-refractivity contribution in [3.8, 4) is 61.8 Å². The summed E-state index contributed by atoms with van der Waals surface area (Å²) in [5.74, 6) is 3.11. The van der Waals surface area contributed by atoms with E-state index in [4.69, 9.17) is 15.0 Å². The van der Waals surface area contributed by atoms with Gasteiger partial charge >= 0.3 is 20.1 Å². The van der Waals surface area contributed by atoms with E-state index in [0.717, 1.165) is 56.8 Å². The first-order chi connectivity index (χ1) is 42.2. The van der Waals surface area contributed by atoms with Crippen molar-refractivity contribution in [2.24, 2.45) is 0 Å². The van der Waals surface area contributed by atoms with Gasteiger partial charge in [0.25, 0.3) is 0 Å². The third-order valence-corrected chi connectivity index (χ3v) is 17.4. The van der Waals surface area contributed by atoms with Crippen LogP contribution in [0, 0.1) is 18.2 Å². The summed E-state index contributed by atoms with van der Waals surface area (Å²) < 4.78 is 7.02. The van der Waals surface area contributed by atoms with Crippen molar-refractivity contribution in [2.75, 3.05) is 0 Å². The van der Waals surface area contributed by atoms with Crippen molar-refractivity contribution in [3.05, 3.63) is 311 Å². The van der Waals surface area contributed by atoms with Gasteiger partial charge in [-0.2, -0.15) is 60.7 Å². The van der Waals surface area contributed by atoms with Crippen LogP contribution in [0.3, 0.4) is 0 Å². The quantitative estimate of drug-likeness (QED) is 0.0805. The topological polar surface area (TPSA) is 53.5 Å². The maximum atomic E-state index is 5.92. The molecular weight excluding hydrogens is 1250 g/mol. The maximum absolute atomic E-state index is 5.92. The van der Waals surface area contributed by atoms with Gasteiger partial charge in [-0.3, -0.25) is 4.98 Å². The molecule has 0 saturated heterocycles. The second-order valence-electron chi connectivity index (χ2n) is 24.9. The van der Waals surface area contributed by atoms with E-state index < -0.39 is 11.3 Å². The van der Waals surface area contributed by atoms with Crippen molar-refractivity contribution in [3.63, 3.8) is 0 Å². The Morgan fingerprint density at radius 1 is 0.420 bits per heavy atom. The molecule has 0 aliphatic carbocycles. The molecule has 0 aliphatic rings. The van der Waals surface area contributed by atoms with Gasteiger partial charge in [0.2, 0.25) is 0 Å². The Balaban J connectivity index is 0.00000800. The molecule has 0 spiro atoms. The summed E-state index contributed by atoms with van der Waals surface area (Å²) >= 11 is 0. The first kappa shape index (κ1) is 60.9. The van der Waals surface area contributed by atoms with Crippen molar-refractivity contribution in [2.45, 2.75) is 117 Å². The minimum Gasteiger partial charge on any atom is -0.339 e. The van der Waals surface area contributed by atoms with Crippen LogP contribution in [0.4, 0.5) is 0 Å². The molecule has 1 unspecified atom stereocenters. The molecule has 0 N–H and O–H groups in total. The van der Waals surface area contributed by atoms with Crippen LogP contribution >= 0.6 is 0 Å². The predicted octanol–water partition coefficient (Wildman–Crippen LogP) is 20.5. The van der Waals surface area contributed by atoms with Crippen molar-refractivity contribution < 1.29 is 20.1 Å². The second-order valence-corrected chi connectivity index (χ2v) is 24.9. The van der Waals surface area contributed by atoms with Crippen LogP contribution in [0.2, 0.25) is 0 Å². The van der Waals surface area contributed by atoms with Crippen LogP contribution in [-0.4, -0.2) is 28.7 Å². The van der Waals surface area contributed by atoms with Gasteiger partial charge < -0.3 is 13.7 Å². The van der Waals surface area contributed by atoms with Crippen LogP contribution in [0.5, 0.6) is 0 Å². The minimum absolute atomic E-state index is 0. The van der Waals surface area contributed by atoms with Crippen LogP contribution in [0.1, 0.15) is 174 Å². The number of aromatic nitrogens is 6. The molecule has 0 radical (unpaired) electrons. The number of hydrogen-bond donors (Lipinski definition) is 0. The zero-order chi connectivity index (χ0) is 60.5. The molecule has 3 heterocycles. The van der Waals surface area contributed by atoms with Crippen molar-refractivity contribution in [1.29, 1.82) is 0 Å². The van der Waals surface area contributed by atoms with E-state index in [1.54, 1.807) is 0 Å². The summed E-state index contributed by atoms with van der Waals surface area (Å²) in [7, 11) is 0. The van der Waals surface area contributed by atoms with E-state index in [1.165, 1.54) is 66.9 Å². The van der Waals surface area contributed by atoms with E-state index >= 15 is 0 Å². The summed E-state index contributed by atoms with van der Waals surface area (Å²) in [6.45, 7) is 25.3. The van der Waals surface area contributed by atoms with Gasteiger partial charge in [0.05, 0.1) is 28.8 Å². The first-order valence-electron chi connectivity index (χ1n) is 31.0. The van der Waals surface area contributed by atoms with Gasteiger partial charge in [0.1, 0.15) is 11.6 Å². The van der Waals surface area contributed by atoms with E-state index in [9.17, 15) is 0 Å². The summed E-state index contributed by atoms with van der Waals surface area (Å²) in [5.41, 5.74) is 20.5. The zero-order valence-corrected chi connectivity index (χ0v) is 54.8. The molecule has 3 aromatic heterocycles. The largest absolute Gasteiger partial charge is 3.00 e. The molecule has 0 bridgehead atoms. The third-order valence-electron chi connectivity index (χ3n) is 17.4. The smallest absolute Gasteiger partial charge is 0.339 e. The Bertz CT molecular complexity index is 4270. The van der Waals surface area contributed by atoms with E-state index in [1.807, 2.05) is 36.7 Å². The van der Waals surface area contributed by atoms with Crippen LogP contribution < -0.4 is 0 Å². The first-order valence-corrected chi connectivity index (χ1v) is 31.0. The molecule has 7 heteroatoms. The summed E-state index contributed by atoms with van der Waals surface area (Å²) in [6.07, 6.45) is 10.5. The Morgan fingerprint density at radius 3 is 1.42 bits per heavy atom. The van der Waals surface area contributed by atoms with E-state index in [0.29, 0.717) is 0 Å². The second kappa shape index (κ2) is 25.9. The molecule has 2 atom stereocenters. The Hall–Kier alpha value is -8.74. The minimum atomic E-state index is -0.855. The molecule has 12 rings (SSSR count). The molecule has 0 amide bonds. The number of imidazole rings is 3. The van der Waals surface area contributed by atoms with Gasteiger partial charge in [-0.25, -0.2) is 9.97 Å². The van der Waals surface area contributed by atoms with Crippen LogP contribution in [-0.2, 0) is 25.5 Å². The standard InChI is InChI=1S/C81H77N6.Ir/c1-53(2)68-47-62(58-28-17-12-18-29-58)40-41-74(68)87-52-73(75(61-34-23-15-24-35-61)79-82-42-44-85(79)76-69(54(3)4)48-64(49-70(76)55(5)6)59-30-19-13-20-31-59)84-78(87)63-36-27-39-67(46-63)81(11,66-37-25-16-26-38-66)80-83-43-45-86(80)77-71(56(7)8)50-65(51-72(77)57(9)10)60-32-21-14-22-33-60;/h12-34,36-37,39-45,47-57,75H,1-11H3;/q-3;+3/t75-,81?;/m1./s1. The Labute approximate surface area is 535 Å². The van der Waals surface area contributed by atoms with Crippen molar-refractivity contribution >= 4 is 0 Å². The van der Waals surface area contributed by atoms with Crippen LogP contribution in [0.25, 0.3) is 61.8 Å². The average Bonchev–Trinajstić information content (AvgIpc) is 1.43. The monoisotopic (exact) mass is 1330 g/mol. The number of benzene rings is 9. The Kier molecular flexibility index (Phi) is 17.9. The molecule has 0 saturated carbocycles. The molecule has 440 valence electrons. The fourth-order valence-corrected chi connectivity index (χ4v) is 12.8. The normalized spacial score (nSPS) is 12.7. The SMILES string of the molecule is CC(C)c1cc(-c2ccccc2)ccc1-n1cc([C@@H](c2[c-]cccc2)c2nccn2-c2c(C(C)C)cc(-c3ccccc3)cc2C(C)C)nc1-c1[c-]c(C(C)(c2[c-]cccc2)c2nccn2-c2c(C(C)C)cc(-c3ccccc3)cc2C(C)C)ccc1.[Ir+3]. The van der Waals surface area contributed by atoms with Gasteiger partial charge in [0.15, 0.2) is 0 Å². The summed E-state index contributed by atoms with van der Waals surface area (Å²) in [4.78, 5) is 16.7. The maximum Gasteiger partial charge on any atom is 3.00 e. The van der Waals surface area contributed by atoms with Gasteiger partial charge in [-0.15, -0.1) is 46.5 Å². The molecule has 0 aliphatic heterocycles. The number of nitrogens with zero attached hydrogens (tertiary/aromatic N) is 6. The summed E-state index contributed by atoms with van der Waals surface area (Å²) in [5, 5.41) is 0. The molecule has 12 aromatic rings. The van der Waals surface area contributed by atoms with Crippen molar-refractivity contribution in [1.82, 2.24) is 28.7 Å². The third kappa shape index (κ3) is 11.7. The molecular formula is C81H77IrN6. The fourth-order valence-electron chi connectivity index (χ4n) is 12.8. The average molecular weight is 1330 g/mol. The van der Waals surface area contributed by atoms with Gasteiger partial charge in [0, 0.05) is 42.1 Å². The molecule has 9 aromatic carbocycles.